The first kappa shape index (κ1) is 21.7. The molecule has 0 fully saturated rings. The summed E-state index contributed by atoms with van der Waals surface area (Å²) in [6.07, 6.45) is 4.00. The summed E-state index contributed by atoms with van der Waals surface area (Å²) < 4.78 is 0. The van der Waals surface area contributed by atoms with Gasteiger partial charge in [0, 0.05) is 35.4 Å². The molecule has 0 aromatic carbocycles. The van der Waals surface area contributed by atoms with Crippen LogP contribution in [0, 0.1) is 6.92 Å². The Hall–Kier alpha value is -1.31. The summed E-state index contributed by atoms with van der Waals surface area (Å²) in [6, 6.07) is 0. The number of nitrogens with zero attached hydrogens (tertiary/aromatic N) is 3. The molecule has 1 amide bonds. The first-order chi connectivity index (χ1) is 10.5. The molecular formula is C15H25ClN4O2S. The van der Waals surface area contributed by atoms with E-state index in [0.717, 1.165) is 29.2 Å². The fraction of sp³-hybridized carbons (Fsp3) is 0.533. The molecule has 0 unspecified atom stereocenters. The summed E-state index contributed by atoms with van der Waals surface area (Å²) in [7, 11) is 0. The van der Waals surface area contributed by atoms with Crippen LogP contribution in [0.1, 0.15) is 38.1 Å². The molecule has 1 rings (SSSR count). The van der Waals surface area contributed by atoms with Crippen LogP contribution in [-0.4, -0.2) is 38.7 Å². The highest BCUT2D eigenvalue weighted by Crippen LogP contribution is 2.26. The predicted octanol–water partition coefficient (Wildman–Crippen LogP) is 2.50. The number of aryl methyl sites for hydroxylation is 1. The molecule has 0 atom stereocenters. The molecule has 0 aliphatic carbocycles. The highest BCUT2D eigenvalue weighted by atomic mass is 35.5. The summed E-state index contributed by atoms with van der Waals surface area (Å²) in [5, 5.41) is 9.21. The standard InChI is InChI=1S/C15H24N4O2S.ClH/c1-4-7-22-14(5-6-20)11(2)19(10-21)9-13-8-17-12(3)18-15(13)16;/h8,10,20H,4-7,9H2,1-3H3,(H2,16,17,18);1H/b14-11-;. The van der Waals surface area contributed by atoms with Crippen molar-refractivity contribution in [2.75, 3.05) is 18.1 Å². The minimum absolute atomic E-state index is 0. The van der Waals surface area contributed by atoms with E-state index in [2.05, 4.69) is 16.9 Å². The maximum Gasteiger partial charge on any atom is 0.214 e. The quantitative estimate of drug-likeness (QED) is 0.657. The number of hydrogen-bond acceptors (Lipinski definition) is 6. The molecule has 0 aliphatic heterocycles. The van der Waals surface area contributed by atoms with Gasteiger partial charge in [-0.2, -0.15) is 0 Å². The summed E-state index contributed by atoms with van der Waals surface area (Å²) in [6.45, 7) is 6.13. The van der Waals surface area contributed by atoms with Crippen LogP contribution in [0.3, 0.4) is 0 Å². The zero-order valence-corrected chi connectivity index (χ0v) is 15.4. The minimum Gasteiger partial charge on any atom is -0.396 e. The second-order valence-corrected chi connectivity index (χ2v) is 6.08. The van der Waals surface area contributed by atoms with E-state index in [1.807, 2.05) is 6.92 Å². The number of anilines is 1. The monoisotopic (exact) mass is 360 g/mol. The van der Waals surface area contributed by atoms with Gasteiger partial charge < -0.3 is 15.7 Å². The van der Waals surface area contributed by atoms with Crippen molar-refractivity contribution in [2.45, 2.75) is 40.2 Å². The number of carbonyl (C=O) groups is 1. The Bertz CT molecular complexity index is 540. The molecular weight excluding hydrogens is 336 g/mol. The third kappa shape index (κ3) is 6.76. The van der Waals surface area contributed by atoms with Crippen LogP contribution in [0.5, 0.6) is 0 Å². The Morgan fingerprint density at radius 3 is 2.74 bits per heavy atom. The molecule has 0 aliphatic rings. The van der Waals surface area contributed by atoms with Crippen molar-refractivity contribution in [2.24, 2.45) is 0 Å². The van der Waals surface area contributed by atoms with Crippen LogP contribution in [-0.2, 0) is 11.3 Å². The molecule has 0 radical (unpaired) electrons. The minimum atomic E-state index is 0. The molecule has 0 bridgehead atoms. The van der Waals surface area contributed by atoms with E-state index in [4.69, 9.17) is 5.73 Å². The number of nitrogen functional groups attached to an aromatic ring is 1. The van der Waals surface area contributed by atoms with Crippen molar-refractivity contribution in [3.63, 3.8) is 0 Å². The predicted molar refractivity (Wildman–Crippen MR) is 97.2 cm³/mol. The summed E-state index contributed by atoms with van der Waals surface area (Å²) >= 11 is 1.67. The molecule has 0 saturated carbocycles. The molecule has 3 N–H and O–H groups in total. The van der Waals surface area contributed by atoms with Gasteiger partial charge >= 0.3 is 0 Å². The highest BCUT2D eigenvalue weighted by Gasteiger charge is 2.13. The molecule has 0 spiro atoms. The van der Waals surface area contributed by atoms with Crippen molar-refractivity contribution in [3.8, 4) is 0 Å². The molecule has 23 heavy (non-hydrogen) atoms. The zero-order chi connectivity index (χ0) is 16.5. The lowest BCUT2D eigenvalue weighted by atomic mass is 10.2. The SMILES string of the molecule is CCCS/C(CCO)=C(/C)N(C=O)Cc1cnc(C)nc1N.Cl. The van der Waals surface area contributed by atoms with Gasteiger partial charge in [-0.3, -0.25) is 4.79 Å². The molecule has 1 heterocycles. The number of rotatable bonds is 9. The number of allylic oxidation sites excluding steroid dienone is 1. The van der Waals surface area contributed by atoms with Gasteiger partial charge in [-0.1, -0.05) is 6.92 Å². The van der Waals surface area contributed by atoms with E-state index < -0.39 is 0 Å². The second kappa shape index (κ2) is 11.3. The maximum atomic E-state index is 11.4. The Kier molecular flexibility index (Phi) is 10.6. The van der Waals surface area contributed by atoms with Crippen LogP contribution in [0.15, 0.2) is 16.8 Å². The van der Waals surface area contributed by atoms with Gasteiger partial charge in [0.1, 0.15) is 11.6 Å². The molecule has 1 aromatic heterocycles. The van der Waals surface area contributed by atoms with Crippen LogP contribution >= 0.6 is 24.2 Å². The number of hydrogen-bond donors (Lipinski definition) is 2. The lowest BCUT2D eigenvalue weighted by Gasteiger charge is -2.22. The van der Waals surface area contributed by atoms with Crippen molar-refractivity contribution in [1.29, 1.82) is 0 Å². The van der Waals surface area contributed by atoms with Gasteiger partial charge in [-0.15, -0.1) is 24.2 Å². The van der Waals surface area contributed by atoms with Gasteiger partial charge in [0.25, 0.3) is 0 Å². The van der Waals surface area contributed by atoms with Gasteiger partial charge in [0.05, 0.1) is 6.54 Å². The van der Waals surface area contributed by atoms with E-state index in [-0.39, 0.29) is 19.0 Å². The van der Waals surface area contributed by atoms with Crippen LogP contribution in [0.2, 0.25) is 0 Å². The van der Waals surface area contributed by atoms with Crippen molar-refractivity contribution in [1.82, 2.24) is 14.9 Å². The van der Waals surface area contributed by atoms with E-state index >= 15 is 0 Å². The largest absolute Gasteiger partial charge is 0.396 e. The smallest absolute Gasteiger partial charge is 0.214 e. The normalized spacial score (nSPS) is 11.5. The fourth-order valence-electron chi connectivity index (χ4n) is 1.90. The Morgan fingerprint density at radius 1 is 1.52 bits per heavy atom. The average molecular weight is 361 g/mol. The first-order valence-electron chi connectivity index (χ1n) is 7.26. The van der Waals surface area contributed by atoms with Gasteiger partial charge in [0.15, 0.2) is 0 Å². The number of aromatic nitrogens is 2. The zero-order valence-electron chi connectivity index (χ0n) is 13.8. The topological polar surface area (TPSA) is 92.3 Å². The van der Waals surface area contributed by atoms with Crippen LogP contribution in [0.25, 0.3) is 0 Å². The second-order valence-electron chi connectivity index (χ2n) is 4.89. The van der Waals surface area contributed by atoms with Crippen LogP contribution < -0.4 is 5.73 Å². The Labute approximate surface area is 148 Å². The number of nitrogens with two attached hydrogens (primary N) is 1. The molecule has 8 heteroatoms. The summed E-state index contributed by atoms with van der Waals surface area (Å²) in [5.41, 5.74) is 7.43. The van der Waals surface area contributed by atoms with E-state index in [9.17, 15) is 9.90 Å². The third-order valence-corrected chi connectivity index (χ3v) is 4.60. The lowest BCUT2D eigenvalue weighted by molar-refractivity contribution is -0.116. The first-order valence-corrected chi connectivity index (χ1v) is 8.25. The van der Waals surface area contributed by atoms with Crippen molar-refractivity contribution >= 4 is 36.4 Å². The number of halogens is 1. The fourth-order valence-corrected chi connectivity index (χ4v) is 2.91. The number of amides is 1. The Balaban J connectivity index is 0.00000484. The van der Waals surface area contributed by atoms with Crippen molar-refractivity contribution < 1.29 is 9.90 Å². The maximum absolute atomic E-state index is 11.4. The Morgan fingerprint density at radius 2 is 2.22 bits per heavy atom. The number of thioether (sulfide) groups is 1. The van der Waals surface area contributed by atoms with Gasteiger partial charge in [0.2, 0.25) is 6.41 Å². The van der Waals surface area contributed by atoms with Crippen molar-refractivity contribution in [3.05, 3.63) is 28.2 Å². The van der Waals surface area contributed by atoms with E-state index in [0.29, 0.717) is 30.2 Å². The molecule has 1 aromatic rings. The lowest BCUT2D eigenvalue weighted by Crippen LogP contribution is -2.22. The summed E-state index contributed by atoms with van der Waals surface area (Å²) in [5.74, 6) is 1.94. The van der Waals surface area contributed by atoms with E-state index in [1.165, 1.54) is 0 Å². The molecule has 6 nitrogen and oxygen atoms in total. The number of aliphatic hydroxyl groups excluding tert-OH is 1. The van der Waals surface area contributed by atoms with Gasteiger partial charge in [-0.05, 0) is 26.0 Å². The average Bonchev–Trinajstić information content (AvgIpc) is 2.50. The summed E-state index contributed by atoms with van der Waals surface area (Å²) in [4.78, 5) is 22.3. The number of carbonyl (C=O) groups excluding carboxylic acids is 1. The molecule has 0 saturated heterocycles. The number of aliphatic hydroxyl groups is 1. The van der Waals surface area contributed by atoms with E-state index in [1.54, 1.807) is 29.8 Å². The third-order valence-electron chi connectivity index (χ3n) is 3.14. The molecule has 130 valence electrons. The van der Waals surface area contributed by atoms with Gasteiger partial charge in [-0.25, -0.2) is 9.97 Å². The van der Waals surface area contributed by atoms with Crippen LogP contribution in [0.4, 0.5) is 5.82 Å². The highest BCUT2D eigenvalue weighted by molar-refractivity contribution is 8.03.